The van der Waals surface area contributed by atoms with Crippen LogP contribution in [0.25, 0.3) is 0 Å². The third-order valence-corrected chi connectivity index (χ3v) is 6.40. The van der Waals surface area contributed by atoms with Crippen LogP contribution in [0.15, 0.2) is 29.3 Å². The van der Waals surface area contributed by atoms with Gasteiger partial charge >= 0.3 is 0 Å². The highest BCUT2D eigenvalue weighted by Crippen LogP contribution is 2.17. The van der Waals surface area contributed by atoms with Crippen molar-refractivity contribution in [2.24, 2.45) is 4.99 Å². The van der Waals surface area contributed by atoms with E-state index >= 15 is 0 Å². The molecule has 180 valence electrons. The zero-order valence-electron chi connectivity index (χ0n) is 19.9. The zero-order valence-corrected chi connectivity index (χ0v) is 22.3. The molecule has 2 saturated heterocycles. The van der Waals surface area contributed by atoms with Crippen molar-refractivity contribution in [2.75, 3.05) is 32.7 Å². The van der Waals surface area contributed by atoms with Gasteiger partial charge in [-0.05, 0) is 70.2 Å². The first kappa shape index (κ1) is 26.9. The molecule has 0 radical (unpaired) electrons. The molecule has 0 aromatic heterocycles. The van der Waals surface area contributed by atoms with Crippen LogP contribution in [0.2, 0.25) is 0 Å². The summed E-state index contributed by atoms with van der Waals surface area (Å²) in [6, 6.07) is 9.22. The summed E-state index contributed by atoms with van der Waals surface area (Å²) in [5.74, 6) is 1.03. The fourth-order valence-electron chi connectivity index (χ4n) is 4.54. The number of guanidine groups is 1. The lowest BCUT2D eigenvalue weighted by atomic mass is 10.0. The van der Waals surface area contributed by atoms with Gasteiger partial charge < -0.3 is 15.5 Å². The molecule has 0 spiro atoms. The number of aliphatic imine (C=N–C) groups is 1. The van der Waals surface area contributed by atoms with Gasteiger partial charge in [0.15, 0.2) is 5.96 Å². The number of amides is 1. The molecule has 0 bridgehead atoms. The van der Waals surface area contributed by atoms with Crippen LogP contribution < -0.4 is 10.6 Å². The molecular formula is C25H42IN5O. The number of nitrogens with zero attached hydrogens (tertiary/aromatic N) is 3. The van der Waals surface area contributed by atoms with Crippen LogP contribution in [0.3, 0.4) is 0 Å². The van der Waals surface area contributed by atoms with Crippen molar-refractivity contribution >= 4 is 35.8 Å². The van der Waals surface area contributed by atoms with E-state index in [1.165, 1.54) is 49.9 Å². The quantitative estimate of drug-likeness (QED) is 0.288. The van der Waals surface area contributed by atoms with Gasteiger partial charge in [-0.25, -0.2) is 4.99 Å². The van der Waals surface area contributed by atoms with Crippen molar-refractivity contribution in [3.05, 3.63) is 35.4 Å². The number of nitrogens with one attached hydrogen (secondary N) is 2. The summed E-state index contributed by atoms with van der Waals surface area (Å²) < 4.78 is 0. The molecule has 7 heteroatoms. The predicted octanol–water partition coefficient (Wildman–Crippen LogP) is 4.14. The van der Waals surface area contributed by atoms with Crippen LogP contribution >= 0.6 is 24.0 Å². The van der Waals surface area contributed by atoms with Crippen LogP contribution in [0.4, 0.5) is 0 Å². The fourth-order valence-corrected chi connectivity index (χ4v) is 4.54. The van der Waals surface area contributed by atoms with Gasteiger partial charge in [0.1, 0.15) is 0 Å². The second kappa shape index (κ2) is 14.7. The third kappa shape index (κ3) is 8.89. The maximum atomic E-state index is 12.5. The summed E-state index contributed by atoms with van der Waals surface area (Å²) in [5.41, 5.74) is 2.59. The Hall–Kier alpha value is -1.35. The van der Waals surface area contributed by atoms with Crippen molar-refractivity contribution in [2.45, 2.75) is 77.9 Å². The number of hydrogen-bond donors (Lipinski definition) is 2. The van der Waals surface area contributed by atoms with Gasteiger partial charge in [-0.3, -0.25) is 9.69 Å². The van der Waals surface area contributed by atoms with Crippen LogP contribution in [0, 0.1) is 0 Å². The van der Waals surface area contributed by atoms with Crippen LogP contribution in [0.5, 0.6) is 0 Å². The number of piperidine rings is 2. The van der Waals surface area contributed by atoms with Crippen LogP contribution in [-0.4, -0.2) is 60.4 Å². The highest BCUT2D eigenvalue weighted by atomic mass is 127. The van der Waals surface area contributed by atoms with E-state index in [9.17, 15) is 4.79 Å². The largest absolute Gasteiger partial charge is 0.357 e. The van der Waals surface area contributed by atoms with Gasteiger partial charge in [0.2, 0.25) is 5.91 Å². The van der Waals surface area contributed by atoms with Crippen LogP contribution in [-0.2, 0) is 17.9 Å². The highest BCUT2D eigenvalue weighted by Gasteiger charge is 2.22. The Bertz CT molecular complexity index is 703. The van der Waals surface area contributed by atoms with Crippen molar-refractivity contribution in [3.63, 3.8) is 0 Å². The monoisotopic (exact) mass is 555 g/mol. The second-order valence-corrected chi connectivity index (χ2v) is 8.96. The molecule has 2 N–H and O–H groups in total. The fraction of sp³-hybridized carbons (Fsp3) is 0.680. The van der Waals surface area contributed by atoms with E-state index in [4.69, 9.17) is 4.99 Å². The Labute approximate surface area is 211 Å². The molecule has 2 aliphatic heterocycles. The number of rotatable bonds is 8. The smallest absolute Gasteiger partial charge is 0.224 e. The zero-order chi connectivity index (χ0) is 21.9. The Morgan fingerprint density at radius 3 is 2.38 bits per heavy atom. The van der Waals surface area contributed by atoms with Gasteiger partial charge in [-0.2, -0.15) is 0 Å². The van der Waals surface area contributed by atoms with E-state index in [1.54, 1.807) is 0 Å². The maximum absolute atomic E-state index is 12.5. The minimum atomic E-state index is 0. The number of carbonyl (C=O) groups is 1. The Kier molecular flexibility index (Phi) is 12.4. The lowest BCUT2D eigenvalue weighted by Crippen LogP contribution is -2.44. The minimum Gasteiger partial charge on any atom is -0.357 e. The molecule has 6 nitrogen and oxygen atoms in total. The highest BCUT2D eigenvalue weighted by molar-refractivity contribution is 14.0. The van der Waals surface area contributed by atoms with Crippen molar-refractivity contribution in [3.8, 4) is 0 Å². The topological polar surface area (TPSA) is 60.0 Å². The summed E-state index contributed by atoms with van der Waals surface area (Å²) >= 11 is 0. The number of carbonyl (C=O) groups excluding carboxylic acids is 1. The van der Waals surface area contributed by atoms with E-state index in [1.807, 2.05) is 4.90 Å². The molecule has 0 aliphatic carbocycles. The van der Waals surface area contributed by atoms with Gasteiger partial charge in [0.25, 0.3) is 0 Å². The van der Waals surface area contributed by atoms with Crippen LogP contribution in [0.1, 0.15) is 69.9 Å². The lowest BCUT2D eigenvalue weighted by molar-refractivity contribution is -0.134. The average molecular weight is 556 g/mol. The van der Waals surface area contributed by atoms with E-state index in [0.717, 1.165) is 38.4 Å². The Morgan fingerprint density at radius 1 is 1.00 bits per heavy atom. The first-order chi connectivity index (χ1) is 15.2. The van der Waals surface area contributed by atoms with Gasteiger partial charge in [-0.1, -0.05) is 30.7 Å². The average Bonchev–Trinajstić information content (AvgIpc) is 2.79. The summed E-state index contributed by atoms with van der Waals surface area (Å²) in [6.45, 7) is 10.7. The summed E-state index contributed by atoms with van der Waals surface area (Å²) in [6.07, 6.45) is 8.04. The molecule has 1 aromatic carbocycles. The first-order valence-electron chi connectivity index (χ1n) is 12.3. The molecule has 2 aliphatic rings. The molecule has 1 unspecified atom stereocenters. The number of hydrogen-bond acceptors (Lipinski definition) is 3. The third-order valence-electron chi connectivity index (χ3n) is 6.40. The molecule has 2 heterocycles. The molecule has 1 aromatic rings. The van der Waals surface area contributed by atoms with E-state index in [0.29, 0.717) is 25.6 Å². The predicted molar refractivity (Wildman–Crippen MR) is 143 cm³/mol. The second-order valence-electron chi connectivity index (χ2n) is 8.96. The van der Waals surface area contributed by atoms with Crippen molar-refractivity contribution in [1.82, 2.24) is 20.4 Å². The Morgan fingerprint density at radius 2 is 1.69 bits per heavy atom. The molecule has 1 amide bonds. The molecule has 2 fully saturated rings. The normalized spacial score (nSPS) is 19.9. The van der Waals surface area contributed by atoms with E-state index in [-0.39, 0.29) is 29.9 Å². The number of benzene rings is 1. The number of halogens is 1. The maximum Gasteiger partial charge on any atom is 0.224 e. The molecular weight excluding hydrogens is 513 g/mol. The molecule has 3 rings (SSSR count). The molecule has 32 heavy (non-hydrogen) atoms. The van der Waals surface area contributed by atoms with Gasteiger partial charge in [0, 0.05) is 38.6 Å². The van der Waals surface area contributed by atoms with E-state index < -0.39 is 0 Å². The molecule has 1 atom stereocenters. The molecule has 0 saturated carbocycles. The van der Waals surface area contributed by atoms with Crippen molar-refractivity contribution in [1.29, 1.82) is 0 Å². The summed E-state index contributed by atoms with van der Waals surface area (Å²) in [4.78, 5) is 21.8. The van der Waals surface area contributed by atoms with E-state index in [2.05, 4.69) is 53.6 Å². The van der Waals surface area contributed by atoms with Gasteiger partial charge in [-0.15, -0.1) is 24.0 Å². The summed E-state index contributed by atoms with van der Waals surface area (Å²) in [7, 11) is 0. The first-order valence-corrected chi connectivity index (χ1v) is 12.3. The summed E-state index contributed by atoms with van der Waals surface area (Å²) in [5, 5.41) is 6.61. The van der Waals surface area contributed by atoms with Crippen molar-refractivity contribution < 1.29 is 4.79 Å². The Balaban J connectivity index is 0.00000363. The van der Waals surface area contributed by atoms with Gasteiger partial charge in [0.05, 0.1) is 6.54 Å². The minimum absolute atomic E-state index is 0. The standard InChI is InChI=1S/C25H41N5O.HI/c1-3-26-25(27-15-14-24(31)30-18-8-5-9-21(30)2)28-19-22-10-12-23(13-11-22)20-29-16-6-4-7-17-29;/h10-13,21H,3-9,14-20H2,1-2H3,(H2,26,27,28);1H. The SMILES string of the molecule is CCNC(=NCc1ccc(CN2CCCCC2)cc1)NCCC(=O)N1CCCCC1C.I. The lowest BCUT2D eigenvalue weighted by Gasteiger charge is -2.33. The number of likely N-dealkylation sites (tertiary alicyclic amines) is 2.